The SMILES string of the molecule is COc1nc2ccc(Br)cc2cc1C(Nc1ccccc1)c1ccccc1. The van der Waals surface area contributed by atoms with E-state index in [1.54, 1.807) is 7.11 Å². The Hall–Kier alpha value is -2.85. The van der Waals surface area contributed by atoms with E-state index < -0.39 is 0 Å². The zero-order chi connectivity index (χ0) is 18.6. The van der Waals surface area contributed by atoms with Crippen molar-refractivity contribution < 1.29 is 4.74 Å². The number of benzene rings is 3. The molecule has 1 heterocycles. The molecule has 3 nitrogen and oxygen atoms in total. The summed E-state index contributed by atoms with van der Waals surface area (Å²) in [4.78, 5) is 4.74. The highest BCUT2D eigenvalue weighted by Crippen LogP contribution is 2.34. The molecule has 0 aliphatic heterocycles. The van der Waals surface area contributed by atoms with Gasteiger partial charge >= 0.3 is 0 Å². The Morgan fingerprint density at radius 1 is 0.889 bits per heavy atom. The summed E-state index contributed by atoms with van der Waals surface area (Å²) in [6.45, 7) is 0. The molecule has 1 unspecified atom stereocenters. The first-order chi connectivity index (χ1) is 13.2. The van der Waals surface area contributed by atoms with Gasteiger partial charge in [0.05, 0.1) is 18.7 Å². The van der Waals surface area contributed by atoms with Gasteiger partial charge in [-0.15, -0.1) is 0 Å². The number of aromatic nitrogens is 1. The first-order valence-corrected chi connectivity index (χ1v) is 9.54. The van der Waals surface area contributed by atoms with Gasteiger partial charge in [-0.3, -0.25) is 0 Å². The molecule has 0 saturated carbocycles. The summed E-state index contributed by atoms with van der Waals surface area (Å²) in [6.07, 6.45) is 0. The number of halogens is 1. The largest absolute Gasteiger partial charge is 0.481 e. The summed E-state index contributed by atoms with van der Waals surface area (Å²) < 4.78 is 6.69. The minimum absolute atomic E-state index is 0.0839. The fraction of sp³-hybridized carbons (Fsp3) is 0.0870. The summed E-state index contributed by atoms with van der Waals surface area (Å²) in [6, 6.07) is 28.7. The number of hydrogen-bond donors (Lipinski definition) is 1. The van der Waals surface area contributed by atoms with Crippen LogP contribution in [0.5, 0.6) is 5.88 Å². The zero-order valence-electron chi connectivity index (χ0n) is 14.9. The molecule has 1 atom stereocenters. The van der Waals surface area contributed by atoms with E-state index in [1.165, 1.54) is 0 Å². The molecule has 0 spiro atoms. The van der Waals surface area contributed by atoms with Crippen molar-refractivity contribution in [3.8, 4) is 5.88 Å². The number of hydrogen-bond acceptors (Lipinski definition) is 3. The van der Waals surface area contributed by atoms with Gasteiger partial charge in [0.15, 0.2) is 0 Å². The molecule has 3 aromatic carbocycles. The minimum atomic E-state index is -0.0839. The maximum absolute atomic E-state index is 5.66. The molecule has 4 heteroatoms. The highest BCUT2D eigenvalue weighted by atomic mass is 79.9. The van der Waals surface area contributed by atoms with Crippen molar-refractivity contribution in [2.45, 2.75) is 6.04 Å². The number of methoxy groups -OCH3 is 1. The molecule has 4 aromatic rings. The second-order valence-corrected chi connectivity index (χ2v) is 7.19. The van der Waals surface area contributed by atoms with Crippen molar-refractivity contribution in [1.82, 2.24) is 4.98 Å². The van der Waals surface area contributed by atoms with Gasteiger partial charge in [-0.05, 0) is 42.0 Å². The quantitative estimate of drug-likeness (QED) is 0.418. The van der Waals surface area contributed by atoms with E-state index in [1.807, 2.05) is 48.5 Å². The van der Waals surface area contributed by atoms with Gasteiger partial charge < -0.3 is 10.1 Å². The molecule has 0 bridgehead atoms. The van der Waals surface area contributed by atoms with Gasteiger partial charge in [-0.2, -0.15) is 0 Å². The summed E-state index contributed by atoms with van der Waals surface area (Å²) in [5.74, 6) is 0.627. The van der Waals surface area contributed by atoms with Crippen LogP contribution in [-0.2, 0) is 0 Å². The Morgan fingerprint density at radius 3 is 2.30 bits per heavy atom. The number of pyridine rings is 1. The maximum atomic E-state index is 5.66. The van der Waals surface area contributed by atoms with Crippen LogP contribution in [0.1, 0.15) is 17.2 Å². The monoisotopic (exact) mass is 418 g/mol. The van der Waals surface area contributed by atoms with Crippen LogP contribution in [0.25, 0.3) is 10.9 Å². The molecule has 4 rings (SSSR count). The minimum Gasteiger partial charge on any atom is -0.481 e. The molecule has 0 aliphatic carbocycles. The molecule has 0 saturated heterocycles. The Morgan fingerprint density at radius 2 is 1.59 bits per heavy atom. The predicted molar refractivity (Wildman–Crippen MR) is 114 cm³/mol. The third-order valence-corrected chi connectivity index (χ3v) is 4.98. The van der Waals surface area contributed by atoms with Crippen LogP contribution in [0.4, 0.5) is 5.69 Å². The fourth-order valence-electron chi connectivity index (χ4n) is 3.20. The zero-order valence-corrected chi connectivity index (χ0v) is 16.5. The van der Waals surface area contributed by atoms with Gasteiger partial charge in [0.25, 0.3) is 0 Å². The van der Waals surface area contributed by atoms with Gasteiger partial charge in [-0.1, -0.05) is 64.5 Å². The molecule has 1 aromatic heterocycles. The molecular weight excluding hydrogens is 400 g/mol. The van der Waals surface area contributed by atoms with Crippen molar-refractivity contribution in [3.05, 3.63) is 101 Å². The highest BCUT2D eigenvalue weighted by Gasteiger charge is 2.20. The van der Waals surface area contributed by atoms with Gasteiger partial charge in [0, 0.05) is 21.1 Å². The Balaban J connectivity index is 1.88. The van der Waals surface area contributed by atoms with Crippen molar-refractivity contribution in [2.75, 3.05) is 12.4 Å². The van der Waals surface area contributed by atoms with Crippen LogP contribution >= 0.6 is 15.9 Å². The van der Waals surface area contributed by atoms with Gasteiger partial charge in [0.2, 0.25) is 5.88 Å². The summed E-state index contributed by atoms with van der Waals surface area (Å²) >= 11 is 3.55. The van der Waals surface area contributed by atoms with Crippen LogP contribution < -0.4 is 10.1 Å². The topological polar surface area (TPSA) is 34.1 Å². The third kappa shape index (κ3) is 3.81. The number of nitrogens with one attached hydrogen (secondary N) is 1. The van der Waals surface area contributed by atoms with Crippen LogP contribution in [0.2, 0.25) is 0 Å². The average molecular weight is 419 g/mol. The molecule has 0 aliphatic rings. The molecule has 1 N–H and O–H groups in total. The average Bonchev–Trinajstić information content (AvgIpc) is 2.72. The van der Waals surface area contributed by atoms with E-state index in [0.29, 0.717) is 5.88 Å². The van der Waals surface area contributed by atoms with E-state index in [4.69, 9.17) is 9.72 Å². The van der Waals surface area contributed by atoms with Crippen molar-refractivity contribution in [2.24, 2.45) is 0 Å². The maximum Gasteiger partial charge on any atom is 0.219 e. The number of fused-ring (bicyclic) bond motifs is 1. The summed E-state index contributed by atoms with van der Waals surface area (Å²) in [5.41, 5.74) is 4.10. The molecule has 0 radical (unpaired) electrons. The molecule has 134 valence electrons. The van der Waals surface area contributed by atoms with E-state index in [-0.39, 0.29) is 6.04 Å². The van der Waals surface area contributed by atoms with Crippen LogP contribution in [-0.4, -0.2) is 12.1 Å². The lowest BCUT2D eigenvalue weighted by Crippen LogP contribution is -2.14. The smallest absolute Gasteiger partial charge is 0.219 e. The van der Waals surface area contributed by atoms with Crippen molar-refractivity contribution >= 4 is 32.5 Å². The fourth-order valence-corrected chi connectivity index (χ4v) is 3.58. The summed E-state index contributed by atoms with van der Waals surface area (Å²) in [5, 5.41) is 4.70. The normalized spacial score (nSPS) is 11.9. The number of ether oxygens (including phenoxy) is 1. The van der Waals surface area contributed by atoms with Crippen LogP contribution in [0.3, 0.4) is 0 Å². The molecule has 27 heavy (non-hydrogen) atoms. The molecular formula is C23H19BrN2O. The highest BCUT2D eigenvalue weighted by molar-refractivity contribution is 9.10. The lowest BCUT2D eigenvalue weighted by molar-refractivity contribution is 0.393. The van der Waals surface area contributed by atoms with Gasteiger partial charge in [0.1, 0.15) is 0 Å². The number of nitrogens with zero attached hydrogens (tertiary/aromatic N) is 1. The lowest BCUT2D eigenvalue weighted by Gasteiger charge is -2.23. The second-order valence-electron chi connectivity index (χ2n) is 6.28. The van der Waals surface area contributed by atoms with Crippen LogP contribution in [0, 0.1) is 0 Å². The standard InChI is InChI=1S/C23H19BrN2O/c1-27-23-20(15-17-14-18(24)12-13-21(17)26-23)22(16-8-4-2-5-9-16)25-19-10-6-3-7-11-19/h2-15,22,25H,1H3. The Bertz CT molecular complexity index is 1050. The van der Waals surface area contributed by atoms with E-state index in [0.717, 1.165) is 32.2 Å². The Kier molecular flexibility index (Phi) is 5.07. The predicted octanol–water partition coefficient (Wildman–Crippen LogP) is 6.21. The number of rotatable bonds is 5. The van der Waals surface area contributed by atoms with Gasteiger partial charge in [-0.25, -0.2) is 4.98 Å². The third-order valence-electron chi connectivity index (χ3n) is 4.49. The first-order valence-electron chi connectivity index (χ1n) is 8.75. The molecule has 0 amide bonds. The van der Waals surface area contributed by atoms with Crippen molar-refractivity contribution in [3.63, 3.8) is 0 Å². The van der Waals surface area contributed by atoms with Crippen LogP contribution in [0.15, 0.2) is 89.4 Å². The van der Waals surface area contributed by atoms with E-state index >= 15 is 0 Å². The summed E-state index contributed by atoms with van der Waals surface area (Å²) in [7, 11) is 1.67. The van der Waals surface area contributed by atoms with Crippen molar-refractivity contribution in [1.29, 1.82) is 0 Å². The second kappa shape index (κ2) is 7.80. The first kappa shape index (κ1) is 17.6. The molecule has 0 fully saturated rings. The number of para-hydroxylation sites is 1. The lowest BCUT2D eigenvalue weighted by atomic mass is 9.97. The number of anilines is 1. The van der Waals surface area contributed by atoms with E-state index in [2.05, 4.69) is 57.6 Å². The van der Waals surface area contributed by atoms with E-state index in [9.17, 15) is 0 Å². The Labute approximate surface area is 167 Å².